The summed E-state index contributed by atoms with van der Waals surface area (Å²) in [6.45, 7) is 0.581. The highest BCUT2D eigenvalue weighted by atomic mass is 32.1. The number of halogens is 3. The Kier molecular flexibility index (Phi) is 6.27. The van der Waals surface area contributed by atoms with E-state index in [-0.39, 0.29) is 31.4 Å². The van der Waals surface area contributed by atoms with Crippen molar-refractivity contribution in [1.82, 2.24) is 15.2 Å². The third-order valence-electron chi connectivity index (χ3n) is 5.53. The van der Waals surface area contributed by atoms with Crippen molar-refractivity contribution in [2.75, 3.05) is 13.1 Å². The second-order valence-electron chi connectivity index (χ2n) is 7.60. The molecular formula is C23H20F3N3O2S. The number of aromatic nitrogens is 1. The Morgan fingerprint density at radius 1 is 1.09 bits per heavy atom. The first kappa shape index (κ1) is 22.0. The maximum absolute atomic E-state index is 13.3. The Morgan fingerprint density at radius 3 is 2.56 bits per heavy atom. The average Bonchev–Trinajstić information content (AvgIpc) is 3.48. The third kappa shape index (κ3) is 4.83. The van der Waals surface area contributed by atoms with E-state index in [4.69, 9.17) is 0 Å². The van der Waals surface area contributed by atoms with E-state index in [9.17, 15) is 22.8 Å². The van der Waals surface area contributed by atoms with Crippen LogP contribution < -0.4 is 5.32 Å². The Morgan fingerprint density at radius 2 is 1.88 bits per heavy atom. The van der Waals surface area contributed by atoms with E-state index in [1.54, 1.807) is 53.0 Å². The number of nitrogens with zero attached hydrogens (tertiary/aromatic N) is 2. The Balaban J connectivity index is 1.58. The van der Waals surface area contributed by atoms with Gasteiger partial charge < -0.3 is 10.2 Å². The van der Waals surface area contributed by atoms with Gasteiger partial charge in [-0.25, -0.2) is 0 Å². The predicted molar refractivity (Wildman–Crippen MR) is 114 cm³/mol. The average molecular weight is 459 g/mol. The number of carbonyl (C=O) groups excluding carboxylic acids is 2. The maximum Gasteiger partial charge on any atom is 0.416 e. The van der Waals surface area contributed by atoms with Crippen molar-refractivity contribution in [3.63, 3.8) is 0 Å². The van der Waals surface area contributed by atoms with Gasteiger partial charge in [-0.15, -0.1) is 11.3 Å². The first-order valence-electron chi connectivity index (χ1n) is 9.99. The van der Waals surface area contributed by atoms with Crippen LogP contribution in [0.4, 0.5) is 13.2 Å². The molecule has 5 nitrogen and oxygen atoms in total. The molecule has 1 aliphatic rings. The SMILES string of the molecule is O=C(NCc1ccncc1)C1CN(C(=O)c2cccs2)CC1c1cccc(C(F)(F)F)c1. The Labute approximate surface area is 186 Å². The third-order valence-corrected chi connectivity index (χ3v) is 6.39. The molecule has 0 saturated carbocycles. The van der Waals surface area contributed by atoms with E-state index in [1.165, 1.54) is 17.4 Å². The number of thiophene rings is 1. The molecule has 3 heterocycles. The van der Waals surface area contributed by atoms with E-state index >= 15 is 0 Å². The van der Waals surface area contributed by atoms with Crippen molar-refractivity contribution < 1.29 is 22.8 Å². The number of alkyl halides is 3. The molecule has 1 N–H and O–H groups in total. The summed E-state index contributed by atoms with van der Waals surface area (Å²) in [4.78, 5) is 31.9. The van der Waals surface area contributed by atoms with Crippen LogP contribution in [0.2, 0.25) is 0 Å². The fourth-order valence-electron chi connectivity index (χ4n) is 3.90. The summed E-state index contributed by atoms with van der Waals surface area (Å²) in [5.41, 5.74) is 0.479. The zero-order chi connectivity index (χ0) is 22.7. The molecular weight excluding hydrogens is 439 g/mol. The molecule has 2 amide bonds. The second kappa shape index (κ2) is 9.12. The number of carbonyl (C=O) groups is 2. The van der Waals surface area contributed by atoms with Gasteiger partial charge in [0.25, 0.3) is 5.91 Å². The summed E-state index contributed by atoms with van der Waals surface area (Å²) < 4.78 is 39.8. The summed E-state index contributed by atoms with van der Waals surface area (Å²) in [6, 6.07) is 12.0. The lowest BCUT2D eigenvalue weighted by Gasteiger charge is -2.19. The first-order valence-corrected chi connectivity index (χ1v) is 10.9. The quantitative estimate of drug-likeness (QED) is 0.618. The molecule has 0 spiro atoms. The number of hydrogen-bond acceptors (Lipinski definition) is 4. The van der Waals surface area contributed by atoms with Crippen LogP contribution in [-0.4, -0.2) is 34.8 Å². The Hall–Kier alpha value is -3.20. The molecule has 2 atom stereocenters. The van der Waals surface area contributed by atoms with Crippen molar-refractivity contribution >= 4 is 23.2 Å². The lowest BCUT2D eigenvalue weighted by molar-refractivity contribution is -0.137. The molecule has 1 aliphatic heterocycles. The summed E-state index contributed by atoms with van der Waals surface area (Å²) in [6.07, 6.45) is -1.26. The predicted octanol–water partition coefficient (Wildman–Crippen LogP) is 4.33. The standard InChI is InChI=1S/C23H20F3N3O2S/c24-23(25,26)17-4-1-3-16(11-17)18-13-29(22(31)20-5-2-10-32-20)14-19(18)21(30)28-12-15-6-8-27-9-7-15/h1-11,18-19H,12-14H2,(H,28,30). The number of amides is 2. The van der Waals surface area contributed by atoms with Crippen LogP contribution in [0, 0.1) is 5.92 Å². The van der Waals surface area contributed by atoms with E-state index in [2.05, 4.69) is 10.3 Å². The van der Waals surface area contributed by atoms with Crippen LogP contribution in [0.3, 0.4) is 0 Å². The second-order valence-corrected chi connectivity index (χ2v) is 8.54. The molecule has 0 aliphatic carbocycles. The van der Waals surface area contributed by atoms with Crippen molar-refractivity contribution in [1.29, 1.82) is 0 Å². The van der Waals surface area contributed by atoms with Gasteiger partial charge in [0, 0.05) is 37.9 Å². The molecule has 2 unspecified atom stereocenters. The summed E-state index contributed by atoms with van der Waals surface area (Å²) in [5, 5.41) is 4.64. The topological polar surface area (TPSA) is 62.3 Å². The van der Waals surface area contributed by atoms with Crippen LogP contribution in [0.5, 0.6) is 0 Å². The minimum atomic E-state index is -4.49. The fraction of sp³-hybridized carbons (Fsp3) is 0.261. The van der Waals surface area contributed by atoms with E-state index in [1.807, 2.05) is 0 Å². The van der Waals surface area contributed by atoms with Gasteiger partial charge in [0.15, 0.2) is 0 Å². The van der Waals surface area contributed by atoms with Crippen molar-refractivity contribution in [2.24, 2.45) is 5.92 Å². The monoisotopic (exact) mass is 459 g/mol. The fourth-order valence-corrected chi connectivity index (χ4v) is 4.59. The minimum Gasteiger partial charge on any atom is -0.352 e. The van der Waals surface area contributed by atoms with E-state index < -0.39 is 23.6 Å². The van der Waals surface area contributed by atoms with Gasteiger partial charge >= 0.3 is 6.18 Å². The summed E-state index contributed by atoms with van der Waals surface area (Å²) in [5.74, 6) is -1.73. The van der Waals surface area contributed by atoms with Crippen LogP contribution in [-0.2, 0) is 17.5 Å². The van der Waals surface area contributed by atoms with Crippen molar-refractivity contribution in [3.8, 4) is 0 Å². The molecule has 1 fully saturated rings. The van der Waals surface area contributed by atoms with Crippen molar-refractivity contribution in [3.05, 3.63) is 87.9 Å². The number of rotatable bonds is 5. The molecule has 9 heteroatoms. The van der Waals surface area contributed by atoms with Crippen molar-refractivity contribution in [2.45, 2.75) is 18.6 Å². The molecule has 1 aromatic carbocycles. The van der Waals surface area contributed by atoms with Gasteiger partial charge in [-0.2, -0.15) is 13.2 Å². The lowest BCUT2D eigenvalue weighted by atomic mass is 9.87. The van der Waals surface area contributed by atoms with Crippen LogP contribution >= 0.6 is 11.3 Å². The van der Waals surface area contributed by atoms with E-state index in [0.717, 1.165) is 17.7 Å². The number of hydrogen-bond donors (Lipinski definition) is 1. The molecule has 3 aromatic rings. The molecule has 4 rings (SSSR count). The zero-order valence-electron chi connectivity index (χ0n) is 16.9. The summed E-state index contributed by atoms with van der Waals surface area (Å²) in [7, 11) is 0. The highest BCUT2D eigenvalue weighted by molar-refractivity contribution is 7.12. The highest BCUT2D eigenvalue weighted by Gasteiger charge is 2.41. The minimum absolute atomic E-state index is 0.139. The van der Waals surface area contributed by atoms with Gasteiger partial charge in [0.2, 0.25) is 5.91 Å². The van der Waals surface area contributed by atoms with Crippen LogP contribution in [0.15, 0.2) is 66.3 Å². The molecule has 2 aromatic heterocycles. The van der Waals surface area contributed by atoms with Gasteiger partial charge in [-0.3, -0.25) is 14.6 Å². The molecule has 32 heavy (non-hydrogen) atoms. The van der Waals surface area contributed by atoms with Gasteiger partial charge in [0.05, 0.1) is 16.4 Å². The first-order chi connectivity index (χ1) is 15.3. The molecule has 0 radical (unpaired) electrons. The number of nitrogens with one attached hydrogen (secondary N) is 1. The molecule has 0 bridgehead atoms. The molecule has 166 valence electrons. The zero-order valence-corrected chi connectivity index (χ0v) is 17.7. The Bertz CT molecular complexity index is 1090. The van der Waals surface area contributed by atoms with Gasteiger partial charge in [-0.05, 0) is 40.8 Å². The number of benzene rings is 1. The number of likely N-dealkylation sites (tertiary alicyclic amines) is 1. The number of pyridine rings is 1. The normalized spacial score (nSPS) is 18.5. The largest absolute Gasteiger partial charge is 0.416 e. The van der Waals surface area contributed by atoms with E-state index in [0.29, 0.717) is 10.4 Å². The van der Waals surface area contributed by atoms with Gasteiger partial charge in [-0.1, -0.05) is 24.3 Å². The smallest absolute Gasteiger partial charge is 0.352 e. The highest BCUT2D eigenvalue weighted by Crippen LogP contribution is 2.37. The van der Waals surface area contributed by atoms with Crippen LogP contribution in [0.1, 0.15) is 32.3 Å². The lowest BCUT2D eigenvalue weighted by Crippen LogP contribution is -2.35. The molecule has 1 saturated heterocycles. The summed E-state index contributed by atoms with van der Waals surface area (Å²) >= 11 is 1.29. The maximum atomic E-state index is 13.3. The van der Waals surface area contributed by atoms with Crippen LogP contribution in [0.25, 0.3) is 0 Å². The van der Waals surface area contributed by atoms with Gasteiger partial charge in [0.1, 0.15) is 0 Å².